The quantitative estimate of drug-likeness (QED) is 0.614. The van der Waals surface area contributed by atoms with Crippen LogP contribution in [0.25, 0.3) is 0 Å². The zero-order valence-electron chi connectivity index (χ0n) is 10.2. The molecular weight excluding hydrogens is 427 g/mol. The predicted octanol–water partition coefficient (Wildman–Crippen LogP) is 3.29. The highest BCUT2D eigenvalue weighted by Crippen LogP contribution is 2.24. The molecule has 0 aliphatic rings. The minimum absolute atomic E-state index is 0.321. The number of carbonyl (C=O) groups excluding carboxylic acids is 1. The molecule has 104 valence electrons. The molecule has 0 spiro atoms. The highest BCUT2D eigenvalue weighted by atomic mass is 127. The molecule has 0 saturated heterocycles. The van der Waals surface area contributed by atoms with E-state index < -0.39 is 11.9 Å². The Morgan fingerprint density at radius 2 is 2.16 bits per heavy atom. The third kappa shape index (κ3) is 5.77. The van der Waals surface area contributed by atoms with E-state index in [2.05, 4.69) is 49.2 Å². The summed E-state index contributed by atoms with van der Waals surface area (Å²) in [5.41, 5.74) is 0.671. The van der Waals surface area contributed by atoms with E-state index >= 15 is 0 Å². The monoisotopic (exact) mass is 440 g/mol. The molecule has 0 bridgehead atoms. The Morgan fingerprint density at radius 3 is 2.74 bits per heavy atom. The van der Waals surface area contributed by atoms with E-state index in [0.717, 1.165) is 8.04 Å². The van der Waals surface area contributed by atoms with E-state index in [1.807, 2.05) is 12.1 Å². The number of hydrogen-bond acceptors (Lipinski definition) is 2. The Kier molecular flexibility index (Phi) is 6.56. The molecule has 19 heavy (non-hydrogen) atoms. The summed E-state index contributed by atoms with van der Waals surface area (Å²) in [6.07, 6.45) is 0.399. The molecule has 3 N–H and O–H groups in total. The molecule has 1 aromatic carbocycles. The summed E-state index contributed by atoms with van der Waals surface area (Å²) >= 11 is 5.54. The van der Waals surface area contributed by atoms with Gasteiger partial charge in [0, 0.05) is 14.6 Å². The van der Waals surface area contributed by atoms with Crippen LogP contribution in [0, 0.1) is 9.49 Å². The normalized spacial score (nSPS) is 11.7. The first kappa shape index (κ1) is 16.2. The van der Waals surface area contributed by atoms with Gasteiger partial charge >= 0.3 is 12.0 Å². The number of hydrogen-bond donors (Lipinski definition) is 3. The van der Waals surface area contributed by atoms with Gasteiger partial charge in [-0.2, -0.15) is 0 Å². The van der Waals surface area contributed by atoms with Gasteiger partial charge in [0.2, 0.25) is 0 Å². The van der Waals surface area contributed by atoms with Gasteiger partial charge < -0.3 is 15.7 Å². The van der Waals surface area contributed by atoms with Crippen molar-refractivity contribution in [3.63, 3.8) is 0 Å². The van der Waals surface area contributed by atoms with Crippen LogP contribution in [0.5, 0.6) is 0 Å². The Morgan fingerprint density at radius 1 is 1.47 bits per heavy atom. The summed E-state index contributed by atoms with van der Waals surface area (Å²) in [5, 5.41) is 14.0. The van der Waals surface area contributed by atoms with E-state index in [1.54, 1.807) is 13.0 Å². The van der Waals surface area contributed by atoms with Crippen LogP contribution in [0.1, 0.15) is 13.3 Å². The van der Waals surface area contributed by atoms with Crippen molar-refractivity contribution in [3.05, 3.63) is 26.2 Å². The van der Waals surface area contributed by atoms with Gasteiger partial charge in [-0.15, -0.1) is 0 Å². The van der Waals surface area contributed by atoms with Gasteiger partial charge in [0.05, 0.1) is 11.6 Å². The molecule has 0 saturated carbocycles. The lowest BCUT2D eigenvalue weighted by Crippen LogP contribution is -2.31. The lowest BCUT2D eigenvalue weighted by molar-refractivity contribution is -0.141. The first-order chi connectivity index (χ1) is 8.90. The van der Waals surface area contributed by atoms with Crippen molar-refractivity contribution in [1.82, 2.24) is 5.32 Å². The number of aliphatic carboxylic acids is 1. The maximum Gasteiger partial charge on any atom is 0.319 e. The smallest absolute Gasteiger partial charge is 0.319 e. The highest BCUT2D eigenvalue weighted by Gasteiger charge is 2.11. The molecule has 1 atom stereocenters. The average molecular weight is 441 g/mol. The first-order valence-electron chi connectivity index (χ1n) is 5.63. The number of nitrogens with one attached hydrogen (secondary N) is 2. The molecule has 1 unspecified atom stereocenters. The van der Waals surface area contributed by atoms with Crippen LogP contribution < -0.4 is 10.6 Å². The van der Waals surface area contributed by atoms with Crippen LogP contribution in [0.15, 0.2) is 22.7 Å². The van der Waals surface area contributed by atoms with Gasteiger partial charge in [-0.05, 0) is 63.1 Å². The van der Waals surface area contributed by atoms with Crippen molar-refractivity contribution in [2.24, 2.45) is 5.92 Å². The Hall–Kier alpha value is -0.830. The second-order valence-electron chi connectivity index (χ2n) is 4.03. The lowest BCUT2D eigenvalue weighted by atomic mass is 10.1. The average Bonchev–Trinajstić information content (AvgIpc) is 2.32. The molecule has 7 heteroatoms. The molecule has 5 nitrogen and oxygen atoms in total. The maximum absolute atomic E-state index is 11.6. The van der Waals surface area contributed by atoms with Crippen LogP contribution in [0.2, 0.25) is 0 Å². The fourth-order valence-corrected chi connectivity index (χ4v) is 2.68. The Labute approximate surface area is 133 Å². The maximum atomic E-state index is 11.6. The summed E-state index contributed by atoms with van der Waals surface area (Å²) in [6.45, 7) is 1.93. The second kappa shape index (κ2) is 7.68. The van der Waals surface area contributed by atoms with E-state index in [-0.39, 0.29) is 6.03 Å². The number of anilines is 1. The molecule has 0 aliphatic heterocycles. The third-order valence-electron chi connectivity index (χ3n) is 2.46. The molecule has 0 aromatic heterocycles. The molecule has 0 fully saturated rings. The van der Waals surface area contributed by atoms with Crippen LogP contribution in [0.3, 0.4) is 0 Å². The van der Waals surface area contributed by atoms with E-state index in [9.17, 15) is 9.59 Å². The van der Waals surface area contributed by atoms with Crippen LogP contribution in [-0.4, -0.2) is 23.7 Å². The number of carboxylic acid groups (broad SMARTS) is 1. The van der Waals surface area contributed by atoms with Gasteiger partial charge in [-0.25, -0.2) is 4.79 Å². The molecule has 1 aromatic rings. The molecule has 0 heterocycles. The largest absolute Gasteiger partial charge is 0.481 e. The minimum atomic E-state index is -0.859. The number of amides is 2. The summed E-state index contributed by atoms with van der Waals surface area (Å²) in [4.78, 5) is 22.2. The van der Waals surface area contributed by atoms with Crippen molar-refractivity contribution in [1.29, 1.82) is 0 Å². The van der Waals surface area contributed by atoms with Crippen LogP contribution >= 0.6 is 38.5 Å². The first-order valence-corrected chi connectivity index (χ1v) is 7.50. The van der Waals surface area contributed by atoms with E-state index in [0.29, 0.717) is 18.7 Å². The fraction of sp³-hybridized carbons (Fsp3) is 0.333. The zero-order valence-corrected chi connectivity index (χ0v) is 14.0. The molecule has 0 radical (unpaired) electrons. The van der Waals surface area contributed by atoms with Crippen molar-refractivity contribution in [2.75, 3.05) is 11.9 Å². The summed E-state index contributed by atoms with van der Waals surface area (Å²) in [7, 11) is 0. The van der Waals surface area contributed by atoms with Crippen molar-refractivity contribution < 1.29 is 14.7 Å². The summed E-state index contributed by atoms with van der Waals surface area (Å²) < 4.78 is 1.86. The van der Waals surface area contributed by atoms with Crippen LogP contribution in [-0.2, 0) is 4.79 Å². The highest BCUT2D eigenvalue weighted by molar-refractivity contribution is 14.1. The van der Waals surface area contributed by atoms with E-state index in [4.69, 9.17) is 5.11 Å². The number of carbonyl (C=O) groups is 2. The summed E-state index contributed by atoms with van der Waals surface area (Å²) in [5.74, 6) is -1.33. The Balaban J connectivity index is 2.41. The second-order valence-corrected chi connectivity index (χ2v) is 6.13. The lowest BCUT2D eigenvalue weighted by Gasteiger charge is -2.10. The van der Waals surface area contributed by atoms with Gasteiger partial charge in [-0.1, -0.05) is 6.92 Å². The topological polar surface area (TPSA) is 78.4 Å². The number of carboxylic acids is 1. The van der Waals surface area contributed by atoms with Gasteiger partial charge in [-0.3, -0.25) is 4.79 Å². The SMILES string of the molecule is CC(CCNC(=O)Nc1ccc(I)cc1Br)C(=O)O. The van der Waals surface area contributed by atoms with Gasteiger partial charge in [0.25, 0.3) is 0 Å². The minimum Gasteiger partial charge on any atom is -0.481 e. The van der Waals surface area contributed by atoms with Gasteiger partial charge in [0.1, 0.15) is 0 Å². The fourth-order valence-electron chi connectivity index (χ4n) is 1.28. The Bertz CT molecular complexity index is 482. The van der Waals surface area contributed by atoms with Crippen LogP contribution in [0.4, 0.5) is 10.5 Å². The van der Waals surface area contributed by atoms with E-state index in [1.165, 1.54) is 0 Å². The van der Waals surface area contributed by atoms with Crippen molar-refractivity contribution in [2.45, 2.75) is 13.3 Å². The van der Waals surface area contributed by atoms with Gasteiger partial charge in [0.15, 0.2) is 0 Å². The molecule has 2 amide bonds. The zero-order chi connectivity index (χ0) is 14.4. The molecule has 1 rings (SSSR count). The predicted molar refractivity (Wildman–Crippen MR) is 85.3 cm³/mol. The number of urea groups is 1. The number of benzene rings is 1. The number of rotatable bonds is 5. The van der Waals surface area contributed by atoms with Crippen molar-refractivity contribution in [3.8, 4) is 0 Å². The molecule has 0 aliphatic carbocycles. The van der Waals surface area contributed by atoms with Crippen molar-refractivity contribution >= 4 is 56.2 Å². The summed E-state index contributed by atoms with van der Waals surface area (Å²) in [6, 6.07) is 5.22. The third-order valence-corrected chi connectivity index (χ3v) is 3.79. The standard InChI is InChI=1S/C12H14BrIN2O3/c1-7(11(17)18)4-5-15-12(19)16-10-3-2-8(14)6-9(10)13/h2-3,6-7H,4-5H2,1H3,(H,17,18)(H2,15,16,19). The number of halogens is 2. The molecular formula is C12H14BrIN2O3.